The summed E-state index contributed by atoms with van der Waals surface area (Å²) in [5, 5.41) is 2.77. The zero-order valence-corrected chi connectivity index (χ0v) is 23.6. The van der Waals surface area contributed by atoms with Gasteiger partial charge in [-0.3, -0.25) is 9.36 Å². The summed E-state index contributed by atoms with van der Waals surface area (Å²) in [4.78, 5) is 18.6. The Hall–Kier alpha value is -5.60. The predicted molar refractivity (Wildman–Crippen MR) is 170 cm³/mol. The van der Waals surface area contributed by atoms with Crippen LogP contribution < -0.4 is 15.0 Å². The maximum absolute atomic E-state index is 13.8. The topological polar surface area (TPSA) is 53.3 Å². The molecule has 5 nitrogen and oxygen atoms in total. The van der Waals surface area contributed by atoms with Crippen molar-refractivity contribution in [2.24, 2.45) is 0 Å². The third-order valence-corrected chi connectivity index (χ3v) is 7.18. The van der Waals surface area contributed by atoms with Gasteiger partial charge >= 0.3 is 0 Å². The van der Waals surface area contributed by atoms with E-state index < -0.39 is 0 Å². The second-order valence-corrected chi connectivity index (χ2v) is 9.91. The molecule has 0 aliphatic rings. The van der Waals surface area contributed by atoms with Crippen molar-refractivity contribution < 1.29 is 9.47 Å². The predicted octanol–water partition coefficient (Wildman–Crippen LogP) is 7.43. The number of hydrogen-bond donors (Lipinski definition) is 0. The van der Waals surface area contributed by atoms with E-state index in [0.717, 1.165) is 50.2 Å². The largest absolute Gasteiger partial charge is 0.497 e. The molecule has 5 aromatic carbocycles. The summed E-state index contributed by atoms with van der Waals surface area (Å²) >= 11 is 0. The monoisotopic (exact) mass is 548 g/mol. The summed E-state index contributed by atoms with van der Waals surface area (Å²) < 4.78 is 12.3. The number of benzene rings is 5. The number of aryl methyl sites for hydroxylation is 1. The molecule has 0 saturated carbocycles. The normalized spacial score (nSPS) is 11.0. The van der Waals surface area contributed by atoms with Gasteiger partial charge in [-0.15, -0.1) is 0 Å². The molecule has 42 heavy (non-hydrogen) atoms. The fourth-order valence-electron chi connectivity index (χ4n) is 4.94. The molecule has 0 N–H and O–H groups in total. The van der Waals surface area contributed by atoms with Crippen molar-refractivity contribution in [3.8, 4) is 29.0 Å². The minimum absolute atomic E-state index is 0.121. The van der Waals surface area contributed by atoms with Crippen LogP contribution in [0.1, 0.15) is 28.1 Å². The Bertz CT molecular complexity index is 2100. The van der Waals surface area contributed by atoms with Gasteiger partial charge in [-0.25, -0.2) is 4.98 Å². The zero-order valence-electron chi connectivity index (χ0n) is 23.6. The van der Waals surface area contributed by atoms with Crippen LogP contribution in [0.5, 0.6) is 11.5 Å². The van der Waals surface area contributed by atoms with Crippen LogP contribution in [0.3, 0.4) is 0 Å². The standard InChI is InChI=1S/C37H28N2O3/c1-25-22-27(8-9-28-10-15-30-24-32(42-3)19-16-29(30)23-28)13-20-35(25)39-36(21-14-26-11-17-31(41-2)18-12-26)38-34-7-5-4-6-33(34)37(39)40/h4-7,10-24H,1-3H3. The first-order valence-electron chi connectivity index (χ1n) is 13.6. The van der Waals surface area contributed by atoms with Gasteiger partial charge in [0.1, 0.15) is 17.3 Å². The van der Waals surface area contributed by atoms with Gasteiger partial charge in [0, 0.05) is 11.1 Å². The van der Waals surface area contributed by atoms with E-state index in [1.54, 1.807) is 18.8 Å². The number of ether oxygens (including phenoxy) is 2. The van der Waals surface area contributed by atoms with Gasteiger partial charge in [-0.05, 0) is 102 Å². The van der Waals surface area contributed by atoms with Crippen molar-refractivity contribution in [3.05, 3.63) is 142 Å². The number of aromatic nitrogens is 2. The molecule has 1 heterocycles. The minimum Gasteiger partial charge on any atom is -0.497 e. The molecule has 1 aromatic heterocycles. The summed E-state index contributed by atoms with van der Waals surface area (Å²) in [6.07, 6.45) is 3.82. The highest BCUT2D eigenvalue weighted by atomic mass is 16.5. The van der Waals surface area contributed by atoms with Crippen LogP contribution in [0.2, 0.25) is 0 Å². The van der Waals surface area contributed by atoms with Crippen molar-refractivity contribution in [2.75, 3.05) is 14.2 Å². The average Bonchev–Trinajstić information content (AvgIpc) is 3.03. The van der Waals surface area contributed by atoms with Crippen LogP contribution in [-0.2, 0) is 0 Å². The minimum atomic E-state index is -0.121. The average molecular weight is 549 g/mol. The number of rotatable bonds is 5. The van der Waals surface area contributed by atoms with E-state index in [2.05, 4.69) is 24.0 Å². The van der Waals surface area contributed by atoms with Crippen LogP contribution in [0.25, 0.3) is 39.5 Å². The molecule has 0 aliphatic carbocycles. The van der Waals surface area contributed by atoms with E-state index in [4.69, 9.17) is 14.5 Å². The number of hydrogen-bond acceptors (Lipinski definition) is 4. The van der Waals surface area contributed by atoms with Gasteiger partial charge in [0.05, 0.1) is 30.8 Å². The van der Waals surface area contributed by atoms with E-state index in [1.165, 1.54) is 0 Å². The molecule has 204 valence electrons. The highest BCUT2D eigenvalue weighted by Crippen LogP contribution is 2.23. The summed E-state index contributed by atoms with van der Waals surface area (Å²) in [6, 6.07) is 33.2. The molecule has 0 radical (unpaired) electrons. The molecule has 6 rings (SSSR count). The molecule has 0 amide bonds. The van der Waals surface area contributed by atoms with Gasteiger partial charge in [0.15, 0.2) is 0 Å². The molecule has 0 fully saturated rings. The summed E-state index contributed by atoms with van der Waals surface area (Å²) in [7, 11) is 3.31. The SMILES string of the molecule is COc1ccc(C=Cc2nc3ccccc3c(=O)n2-c2ccc(C#Cc3ccc4cc(OC)ccc4c3)cc2C)cc1. The Morgan fingerprint density at radius 3 is 2.14 bits per heavy atom. The van der Waals surface area contributed by atoms with Crippen LogP contribution in [0.4, 0.5) is 0 Å². The van der Waals surface area contributed by atoms with E-state index in [9.17, 15) is 4.79 Å². The van der Waals surface area contributed by atoms with Crippen molar-refractivity contribution in [1.82, 2.24) is 9.55 Å². The Morgan fingerprint density at radius 2 is 1.38 bits per heavy atom. The lowest BCUT2D eigenvalue weighted by molar-refractivity contribution is 0.415. The first-order valence-corrected chi connectivity index (χ1v) is 13.6. The van der Waals surface area contributed by atoms with E-state index in [0.29, 0.717) is 16.7 Å². The molecule has 5 heteroatoms. The first-order chi connectivity index (χ1) is 20.5. The van der Waals surface area contributed by atoms with E-state index in [1.807, 2.05) is 110 Å². The van der Waals surface area contributed by atoms with Gasteiger partial charge in [-0.2, -0.15) is 0 Å². The van der Waals surface area contributed by atoms with Crippen molar-refractivity contribution in [3.63, 3.8) is 0 Å². The highest BCUT2D eigenvalue weighted by Gasteiger charge is 2.13. The molecular weight excluding hydrogens is 520 g/mol. The van der Waals surface area contributed by atoms with Crippen LogP contribution >= 0.6 is 0 Å². The van der Waals surface area contributed by atoms with Gasteiger partial charge in [-0.1, -0.05) is 54.3 Å². The van der Waals surface area contributed by atoms with Crippen molar-refractivity contribution in [1.29, 1.82) is 0 Å². The van der Waals surface area contributed by atoms with Crippen LogP contribution in [0, 0.1) is 18.8 Å². The quantitative estimate of drug-likeness (QED) is 0.210. The Kier molecular flexibility index (Phi) is 7.28. The number of para-hydroxylation sites is 1. The zero-order chi connectivity index (χ0) is 29.1. The third kappa shape index (κ3) is 5.39. The molecule has 0 bridgehead atoms. The Morgan fingerprint density at radius 1 is 0.714 bits per heavy atom. The van der Waals surface area contributed by atoms with E-state index in [-0.39, 0.29) is 5.56 Å². The van der Waals surface area contributed by atoms with Crippen molar-refractivity contribution in [2.45, 2.75) is 6.92 Å². The maximum atomic E-state index is 13.8. The van der Waals surface area contributed by atoms with Crippen LogP contribution in [-0.4, -0.2) is 23.8 Å². The molecule has 0 spiro atoms. The first kappa shape index (κ1) is 26.6. The smallest absolute Gasteiger partial charge is 0.266 e. The number of nitrogens with zero attached hydrogens (tertiary/aromatic N) is 2. The highest BCUT2D eigenvalue weighted by molar-refractivity contribution is 5.85. The lowest BCUT2D eigenvalue weighted by Crippen LogP contribution is -2.23. The van der Waals surface area contributed by atoms with E-state index >= 15 is 0 Å². The van der Waals surface area contributed by atoms with Gasteiger partial charge < -0.3 is 9.47 Å². The Labute approximate surface area is 244 Å². The summed E-state index contributed by atoms with van der Waals surface area (Å²) in [5.41, 5.74) is 4.98. The molecule has 6 aromatic rings. The number of fused-ring (bicyclic) bond motifs is 2. The lowest BCUT2D eigenvalue weighted by Gasteiger charge is -2.14. The second kappa shape index (κ2) is 11.5. The molecule has 0 atom stereocenters. The summed E-state index contributed by atoms with van der Waals surface area (Å²) in [6.45, 7) is 1.99. The second-order valence-electron chi connectivity index (χ2n) is 9.91. The third-order valence-electron chi connectivity index (χ3n) is 7.18. The lowest BCUT2D eigenvalue weighted by atomic mass is 10.1. The van der Waals surface area contributed by atoms with Crippen molar-refractivity contribution >= 4 is 33.8 Å². The molecule has 0 aliphatic heterocycles. The van der Waals surface area contributed by atoms with Crippen LogP contribution in [0.15, 0.2) is 108 Å². The summed E-state index contributed by atoms with van der Waals surface area (Å²) in [5.74, 6) is 8.72. The fraction of sp³-hybridized carbons (Fsp3) is 0.0811. The fourth-order valence-corrected chi connectivity index (χ4v) is 4.94. The van der Waals surface area contributed by atoms with Gasteiger partial charge in [0.2, 0.25) is 0 Å². The Balaban J connectivity index is 1.37. The molecule has 0 saturated heterocycles. The molecule has 0 unspecified atom stereocenters. The van der Waals surface area contributed by atoms with Gasteiger partial charge in [0.25, 0.3) is 5.56 Å². The number of methoxy groups -OCH3 is 2. The maximum Gasteiger partial charge on any atom is 0.266 e. The molecular formula is C37H28N2O3.